The smallest absolute Gasteiger partial charge is 0.347 e. The molecule has 226 valence electrons. The molecule has 4 N–H and O–H groups in total. The number of hydrogen-bond acceptors (Lipinski definition) is 9. The van der Waals surface area contributed by atoms with Gasteiger partial charge in [-0.05, 0) is 31.9 Å². The first kappa shape index (κ1) is 29.4. The van der Waals surface area contributed by atoms with Crippen LogP contribution in [-0.2, 0) is 17.9 Å². The van der Waals surface area contributed by atoms with Gasteiger partial charge in [0, 0.05) is 55.1 Å². The third-order valence-corrected chi connectivity index (χ3v) is 7.44. The Morgan fingerprint density at radius 1 is 1.16 bits per heavy atom. The van der Waals surface area contributed by atoms with Gasteiger partial charge in [0.15, 0.2) is 34.6 Å². The van der Waals surface area contributed by atoms with Crippen LogP contribution in [0, 0.1) is 11.7 Å². The quantitative estimate of drug-likeness (QED) is 0.224. The lowest BCUT2D eigenvalue weighted by Gasteiger charge is -2.34. The Balaban J connectivity index is 1.31. The van der Waals surface area contributed by atoms with E-state index in [0.717, 1.165) is 6.20 Å². The Hall–Kier alpha value is -5.08. The number of amides is 2. The van der Waals surface area contributed by atoms with Gasteiger partial charge in [-0.25, -0.2) is 28.7 Å². The normalized spacial score (nSPS) is 13.9. The molecule has 1 aliphatic rings. The van der Waals surface area contributed by atoms with Crippen molar-refractivity contribution < 1.29 is 19.1 Å². The maximum atomic E-state index is 14.8. The van der Waals surface area contributed by atoms with E-state index < -0.39 is 34.6 Å². The molecule has 1 atom stereocenters. The molecule has 5 rings (SSSR count). The predicted octanol–water partition coefficient (Wildman–Crippen LogP) is 1.49. The zero-order valence-corrected chi connectivity index (χ0v) is 24.1. The van der Waals surface area contributed by atoms with Crippen molar-refractivity contribution >= 4 is 23.3 Å². The molecule has 0 bridgehead atoms. The number of aromatic amines is 1. The molecule has 0 aromatic carbocycles. The lowest BCUT2D eigenvalue weighted by Crippen LogP contribution is -2.46. The molecule has 4 aromatic rings. The Morgan fingerprint density at radius 2 is 1.93 bits per heavy atom. The van der Waals surface area contributed by atoms with Gasteiger partial charge in [0.1, 0.15) is 0 Å². The zero-order valence-electron chi connectivity index (χ0n) is 24.1. The second-order valence-corrected chi connectivity index (χ2v) is 11.0. The fourth-order valence-corrected chi connectivity index (χ4v) is 4.98. The van der Waals surface area contributed by atoms with Crippen LogP contribution >= 0.6 is 0 Å². The molecule has 15 heteroatoms. The van der Waals surface area contributed by atoms with Gasteiger partial charge in [0.2, 0.25) is 11.3 Å². The molecular weight excluding hydrogens is 561 g/mol. The van der Waals surface area contributed by atoms with Crippen LogP contribution in [0.1, 0.15) is 50.3 Å². The number of pyridine rings is 2. The molecule has 0 fully saturated rings. The van der Waals surface area contributed by atoms with E-state index in [1.54, 1.807) is 21.6 Å². The van der Waals surface area contributed by atoms with Crippen molar-refractivity contribution in [2.45, 2.75) is 59.3 Å². The van der Waals surface area contributed by atoms with Gasteiger partial charge in [-0.15, -0.1) is 0 Å². The highest BCUT2D eigenvalue weighted by molar-refractivity contribution is 5.96. The zero-order chi connectivity index (χ0) is 31.0. The number of aromatic hydroxyl groups is 1. The number of H-pyrrole nitrogens is 1. The molecule has 0 unspecified atom stereocenters. The fourth-order valence-electron chi connectivity index (χ4n) is 4.98. The van der Waals surface area contributed by atoms with Gasteiger partial charge in [-0.2, -0.15) is 5.10 Å². The predicted molar refractivity (Wildman–Crippen MR) is 154 cm³/mol. The van der Waals surface area contributed by atoms with Gasteiger partial charge >= 0.3 is 5.69 Å². The lowest BCUT2D eigenvalue weighted by molar-refractivity contribution is -0.121. The van der Waals surface area contributed by atoms with Crippen molar-refractivity contribution in [3.05, 3.63) is 68.5 Å². The van der Waals surface area contributed by atoms with Gasteiger partial charge in [0.05, 0.1) is 12.7 Å². The number of carbonyl (C=O) groups excluding carboxylic acids is 2. The van der Waals surface area contributed by atoms with E-state index in [1.807, 2.05) is 27.7 Å². The van der Waals surface area contributed by atoms with Crippen LogP contribution in [0.5, 0.6) is 5.75 Å². The van der Waals surface area contributed by atoms with Crippen LogP contribution in [0.4, 0.5) is 10.2 Å². The number of rotatable bonds is 9. The Bertz CT molecular complexity index is 1830. The summed E-state index contributed by atoms with van der Waals surface area (Å²) in [6.45, 7) is 8.13. The van der Waals surface area contributed by atoms with Crippen LogP contribution in [0.25, 0.3) is 17.0 Å². The summed E-state index contributed by atoms with van der Waals surface area (Å²) < 4.78 is 17.6. The highest BCUT2D eigenvalue weighted by Crippen LogP contribution is 2.24. The summed E-state index contributed by atoms with van der Waals surface area (Å²) in [5, 5.41) is 22.4. The average molecular weight is 594 g/mol. The largest absolute Gasteiger partial charge is 0.503 e. The minimum atomic E-state index is -0.716. The first-order chi connectivity index (χ1) is 20.4. The van der Waals surface area contributed by atoms with E-state index in [2.05, 4.69) is 30.8 Å². The standard InChI is InChI=1S/C28H32FN9O5/c1-14(2)19(32-26-18(29)12-31-25(33-26)16-5-6-21-34-35-28(43)38(21)13-16)10-22(40)30-11-17-9-20(39)24(41)23-27(42)36(15(3)4)7-8-37(17)23/h5-6,9,12-15,19,41H,7-8,10-11H2,1-4H3,(H,30,40)(H,35,43)(H,31,32,33)/t19-/m1/s1. The maximum absolute atomic E-state index is 14.8. The summed E-state index contributed by atoms with van der Waals surface area (Å²) in [6.07, 6.45) is 2.45. The van der Waals surface area contributed by atoms with Crippen LogP contribution in [0.3, 0.4) is 0 Å². The molecule has 0 aliphatic carbocycles. The van der Waals surface area contributed by atoms with Crippen molar-refractivity contribution in [2.24, 2.45) is 5.92 Å². The Kier molecular flexibility index (Phi) is 7.98. The molecule has 2 amide bonds. The third kappa shape index (κ3) is 5.82. The van der Waals surface area contributed by atoms with Gasteiger partial charge in [-0.3, -0.25) is 14.4 Å². The average Bonchev–Trinajstić information content (AvgIpc) is 3.34. The van der Waals surface area contributed by atoms with Crippen LogP contribution in [0.15, 0.2) is 40.2 Å². The number of anilines is 1. The van der Waals surface area contributed by atoms with E-state index in [0.29, 0.717) is 30.0 Å². The summed E-state index contributed by atoms with van der Waals surface area (Å²) in [6, 6.07) is 3.82. The van der Waals surface area contributed by atoms with Crippen molar-refractivity contribution in [1.29, 1.82) is 0 Å². The molecule has 0 saturated heterocycles. The first-order valence-electron chi connectivity index (χ1n) is 13.8. The number of aromatic nitrogens is 6. The highest BCUT2D eigenvalue weighted by Gasteiger charge is 2.31. The van der Waals surface area contributed by atoms with Crippen molar-refractivity contribution in [3.8, 4) is 17.1 Å². The maximum Gasteiger partial charge on any atom is 0.347 e. The van der Waals surface area contributed by atoms with Gasteiger partial charge in [0.25, 0.3) is 5.91 Å². The lowest BCUT2D eigenvalue weighted by atomic mass is 10.0. The van der Waals surface area contributed by atoms with Gasteiger partial charge in [-0.1, -0.05) is 13.8 Å². The van der Waals surface area contributed by atoms with Gasteiger partial charge < -0.3 is 25.2 Å². The van der Waals surface area contributed by atoms with E-state index in [1.165, 1.54) is 16.7 Å². The minimum Gasteiger partial charge on any atom is -0.503 e. The van der Waals surface area contributed by atoms with E-state index in [-0.39, 0.29) is 48.2 Å². The summed E-state index contributed by atoms with van der Waals surface area (Å²) in [5.74, 6) is -2.22. The summed E-state index contributed by atoms with van der Waals surface area (Å²) in [5.41, 5.74) is 0.0118. The fraction of sp³-hybridized carbons (Fsp3) is 0.393. The van der Waals surface area contributed by atoms with Crippen LogP contribution in [0.2, 0.25) is 0 Å². The topological polar surface area (TPSA) is 180 Å². The molecule has 5 heterocycles. The van der Waals surface area contributed by atoms with E-state index >= 15 is 0 Å². The van der Waals surface area contributed by atoms with Crippen molar-refractivity contribution in [3.63, 3.8) is 0 Å². The van der Waals surface area contributed by atoms with Crippen LogP contribution < -0.4 is 21.8 Å². The molecule has 43 heavy (non-hydrogen) atoms. The van der Waals surface area contributed by atoms with E-state index in [4.69, 9.17) is 0 Å². The van der Waals surface area contributed by atoms with E-state index in [9.17, 15) is 28.7 Å². The monoisotopic (exact) mass is 593 g/mol. The SMILES string of the molecule is CC(C)[C@@H](CC(=O)NCc1cc(=O)c(O)c2n1CCN(C(C)C)C2=O)Nc1nc(-c2ccc3n[nH]c(=O)n3c2)ncc1F. The second kappa shape index (κ2) is 11.7. The number of nitrogens with one attached hydrogen (secondary N) is 3. The Morgan fingerprint density at radius 3 is 2.65 bits per heavy atom. The molecule has 0 saturated carbocycles. The molecule has 0 radical (unpaired) electrons. The molecule has 0 spiro atoms. The number of hydrogen-bond donors (Lipinski definition) is 4. The minimum absolute atomic E-state index is 0.0526. The Labute approximate surface area is 244 Å². The molecular formula is C28H32FN9O5. The summed E-state index contributed by atoms with van der Waals surface area (Å²) in [7, 11) is 0. The van der Waals surface area contributed by atoms with Crippen LogP contribution in [-0.4, -0.2) is 69.6 Å². The number of carbonyl (C=O) groups is 2. The number of fused-ring (bicyclic) bond motifs is 2. The number of halogens is 1. The highest BCUT2D eigenvalue weighted by atomic mass is 19.1. The van der Waals surface area contributed by atoms with Crippen molar-refractivity contribution in [1.82, 2.24) is 39.3 Å². The first-order valence-corrected chi connectivity index (χ1v) is 13.8. The summed E-state index contributed by atoms with van der Waals surface area (Å²) in [4.78, 5) is 60.3. The number of nitrogens with zero attached hydrogens (tertiary/aromatic N) is 6. The second-order valence-electron chi connectivity index (χ2n) is 11.0. The summed E-state index contributed by atoms with van der Waals surface area (Å²) >= 11 is 0. The van der Waals surface area contributed by atoms with Crippen molar-refractivity contribution in [2.75, 3.05) is 11.9 Å². The third-order valence-electron chi connectivity index (χ3n) is 7.44. The molecule has 1 aliphatic heterocycles. The molecule has 4 aromatic heterocycles. The molecule has 14 nitrogen and oxygen atoms in total.